The number of aliphatic hydroxyl groups excluding tert-OH is 1. The monoisotopic (exact) mass is 149 g/mol. The second-order valence-corrected chi connectivity index (χ2v) is 2.16. The van der Waals surface area contributed by atoms with Crippen LogP contribution in [0.25, 0.3) is 0 Å². The van der Waals surface area contributed by atoms with E-state index in [2.05, 4.69) is 6.08 Å². The van der Waals surface area contributed by atoms with Crippen LogP contribution < -0.4 is 0 Å². The number of rotatable bonds is 2. The van der Waals surface area contributed by atoms with Gasteiger partial charge in [0.15, 0.2) is 0 Å². The highest BCUT2D eigenvalue weighted by Gasteiger charge is 1.89. The van der Waals surface area contributed by atoms with E-state index in [-0.39, 0.29) is 0 Å². The van der Waals surface area contributed by atoms with E-state index in [1.165, 1.54) is 0 Å². The summed E-state index contributed by atoms with van der Waals surface area (Å²) in [5.41, 5.74) is 1.01. The zero-order valence-electron chi connectivity index (χ0n) is 5.99. The normalized spacial score (nSPS) is 9.09. The lowest BCUT2D eigenvalue weighted by Gasteiger charge is -1.92. The average Bonchev–Trinajstić information content (AvgIpc) is 2.03. The molecule has 0 fully saturated rings. The molecule has 1 rings (SSSR count). The molecule has 2 N–H and O–H groups in total. The minimum atomic E-state index is -0.742. The quantitative estimate of drug-likeness (QED) is 0.631. The van der Waals surface area contributed by atoms with Crippen LogP contribution in [0.5, 0.6) is 0 Å². The molecule has 0 aliphatic carbocycles. The van der Waals surface area contributed by atoms with Crippen LogP contribution in [0.15, 0.2) is 36.3 Å². The first-order valence-electron chi connectivity index (χ1n) is 3.32. The Morgan fingerprint density at radius 3 is 2.36 bits per heavy atom. The Hall–Kier alpha value is -1.44. The molecule has 2 heteroatoms. The van der Waals surface area contributed by atoms with Crippen LogP contribution in [0.4, 0.5) is 0 Å². The molecule has 1 aromatic rings. The highest BCUT2D eigenvalue weighted by molar-refractivity contribution is 5.16. The lowest BCUT2D eigenvalue weighted by atomic mass is 10.1. The van der Waals surface area contributed by atoms with Crippen molar-refractivity contribution in [3.05, 3.63) is 47.9 Å². The van der Waals surface area contributed by atoms with Crippen molar-refractivity contribution in [1.29, 1.82) is 0 Å². The maximum absolute atomic E-state index is 8.37. The fourth-order valence-electron chi connectivity index (χ4n) is 0.777. The molecule has 0 unspecified atom stereocenters. The summed E-state index contributed by atoms with van der Waals surface area (Å²) in [7, 11) is 0. The van der Waals surface area contributed by atoms with Gasteiger partial charge >= 0.3 is 0 Å². The van der Waals surface area contributed by atoms with Crippen LogP contribution in [0.2, 0.25) is 0 Å². The Morgan fingerprint density at radius 2 is 1.82 bits per heavy atom. The predicted octanol–water partition coefficient (Wildman–Crippen LogP) is 1.99. The smallest absolute Gasteiger partial charge is 0.278 e. The Balaban J connectivity index is 2.59. The zero-order valence-corrected chi connectivity index (χ0v) is 5.99. The summed E-state index contributed by atoms with van der Waals surface area (Å²) in [5.74, 6) is -0.742. The van der Waals surface area contributed by atoms with E-state index in [1.807, 2.05) is 30.3 Å². The lowest BCUT2D eigenvalue weighted by molar-refractivity contribution is 0.186. The summed E-state index contributed by atoms with van der Waals surface area (Å²) >= 11 is 0. The first-order valence-corrected chi connectivity index (χ1v) is 3.32. The molecule has 0 spiro atoms. The Morgan fingerprint density at radius 1 is 1.18 bits per heavy atom. The molecule has 0 heterocycles. The Labute approximate surface area is 65.4 Å². The van der Waals surface area contributed by atoms with Crippen molar-refractivity contribution in [2.45, 2.75) is 6.42 Å². The van der Waals surface area contributed by atoms with Gasteiger partial charge in [-0.05, 0) is 5.56 Å². The van der Waals surface area contributed by atoms with Crippen molar-refractivity contribution >= 4 is 0 Å². The second-order valence-electron chi connectivity index (χ2n) is 2.16. The third-order valence-corrected chi connectivity index (χ3v) is 1.29. The summed E-state index contributed by atoms with van der Waals surface area (Å²) in [4.78, 5) is 0. The molecule has 0 atom stereocenters. The largest absolute Gasteiger partial charge is 0.481 e. The predicted molar refractivity (Wildman–Crippen MR) is 42.2 cm³/mol. The maximum atomic E-state index is 8.37. The van der Waals surface area contributed by atoms with E-state index in [9.17, 15) is 0 Å². The van der Waals surface area contributed by atoms with Crippen molar-refractivity contribution < 1.29 is 10.2 Å². The van der Waals surface area contributed by atoms with Crippen molar-refractivity contribution in [1.82, 2.24) is 0 Å². The van der Waals surface area contributed by atoms with Crippen LogP contribution in [-0.4, -0.2) is 10.2 Å². The molecule has 11 heavy (non-hydrogen) atoms. The van der Waals surface area contributed by atoms with Crippen LogP contribution in [0, 0.1) is 6.08 Å². The number of aliphatic hydroxyl groups is 2. The van der Waals surface area contributed by atoms with Gasteiger partial charge in [0.1, 0.15) is 0 Å². The molecule has 0 aliphatic rings. The summed E-state index contributed by atoms with van der Waals surface area (Å²) in [6.45, 7) is 0. The third kappa shape index (κ3) is 2.76. The molecule has 0 aliphatic heterocycles. The number of hydrogen-bond acceptors (Lipinski definition) is 2. The van der Waals surface area contributed by atoms with E-state index in [0.717, 1.165) is 5.56 Å². The summed E-state index contributed by atoms with van der Waals surface area (Å²) in [6, 6.07) is 9.49. The van der Waals surface area contributed by atoms with Gasteiger partial charge in [-0.3, -0.25) is 0 Å². The van der Waals surface area contributed by atoms with Crippen LogP contribution >= 0.6 is 0 Å². The van der Waals surface area contributed by atoms with Gasteiger partial charge < -0.3 is 10.2 Å². The molecule has 0 aromatic heterocycles. The Bertz CT molecular complexity index is 235. The molecule has 0 saturated carbocycles. The first kappa shape index (κ1) is 7.66. The SMILES string of the molecule is OC(O)=[C]Cc1ccccc1. The van der Waals surface area contributed by atoms with Crippen molar-refractivity contribution in [3.8, 4) is 0 Å². The molecule has 2 nitrogen and oxygen atoms in total. The van der Waals surface area contributed by atoms with Gasteiger partial charge in [0, 0.05) is 12.5 Å². The summed E-state index contributed by atoms with van der Waals surface area (Å²) in [5, 5.41) is 16.7. The number of benzene rings is 1. The van der Waals surface area contributed by atoms with Gasteiger partial charge in [-0.15, -0.1) is 0 Å². The molecule has 0 saturated heterocycles. The van der Waals surface area contributed by atoms with Crippen molar-refractivity contribution in [3.63, 3.8) is 0 Å². The first-order chi connectivity index (χ1) is 5.29. The van der Waals surface area contributed by atoms with Gasteiger partial charge in [0.05, 0.1) is 0 Å². The van der Waals surface area contributed by atoms with Gasteiger partial charge in [0.25, 0.3) is 5.95 Å². The van der Waals surface area contributed by atoms with Crippen LogP contribution in [0.3, 0.4) is 0 Å². The van der Waals surface area contributed by atoms with Gasteiger partial charge in [0.2, 0.25) is 0 Å². The van der Waals surface area contributed by atoms with E-state index in [0.29, 0.717) is 6.42 Å². The van der Waals surface area contributed by atoms with Crippen molar-refractivity contribution in [2.75, 3.05) is 0 Å². The highest BCUT2D eigenvalue weighted by Crippen LogP contribution is 1.99. The molecule has 0 amide bonds. The zero-order chi connectivity index (χ0) is 8.10. The second kappa shape index (κ2) is 3.66. The summed E-state index contributed by atoms with van der Waals surface area (Å²) < 4.78 is 0. The molecular formula is C9H9O2. The van der Waals surface area contributed by atoms with E-state index < -0.39 is 5.95 Å². The molecule has 1 aromatic carbocycles. The fraction of sp³-hybridized carbons (Fsp3) is 0.111. The van der Waals surface area contributed by atoms with E-state index in [4.69, 9.17) is 10.2 Å². The molecule has 0 bridgehead atoms. The molecule has 57 valence electrons. The van der Waals surface area contributed by atoms with E-state index in [1.54, 1.807) is 0 Å². The molecule has 1 radical (unpaired) electrons. The standard InChI is InChI=1S/C9H9O2/c10-9(11)7-6-8-4-2-1-3-5-8/h1-5,10-11H,6H2. The minimum Gasteiger partial charge on any atom is -0.481 e. The fourth-order valence-corrected chi connectivity index (χ4v) is 0.777. The van der Waals surface area contributed by atoms with Gasteiger partial charge in [-0.1, -0.05) is 30.3 Å². The average molecular weight is 149 g/mol. The lowest BCUT2D eigenvalue weighted by Crippen LogP contribution is -1.83. The third-order valence-electron chi connectivity index (χ3n) is 1.29. The van der Waals surface area contributed by atoms with Crippen molar-refractivity contribution in [2.24, 2.45) is 0 Å². The number of allylic oxidation sites excluding steroid dienone is 1. The van der Waals surface area contributed by atoms with Crippen LogP contribution in [0.1, 0.15) is 5.56 Å². The highest BCUT2D eigenvalue weighted by atomic mass is 16.5. The minimum absolute atomic E-state index is 0.434. The maximum Gasteiger partial charge on any atom is 0.278 e. The molecular weight excluding hydrogens is 140 g/mol. The van der Waals surface area contributed by atoms with Crippen LogP contribution in [-0.2, 0) is 6.42 Å². The van der Waals surface area contributed by atoms with Gasteiger partial charge in [-0.2, -0.15) is 0 Å². The van der Waals surface area contributed by atoms with E-state index >= 15 is 0 Å². The summed E-state index contributed by atoms with van der Waals surface area (Å²) in [6.07, 6.45) is 2.82. The van der Waals surface area contributed by atoms with Gasteiger partial charge in [-0.25, -0.2) is 0 Å². The number of hydrogen-bond donors (Lipinski definition) is 2. The Kier molecular flexibility index (Phi) is 2.55. The topological polar surface area (TPSA) is 40.5 Å².